The zero-order valence-corrected chi connectivity index (χ0v) is 15.6. The fraction of sp³-hybridized carbons (Fsp3) is 0.500. The van der Waals surface area contributed by atoms with Gasteiger partial charge in [-0.3, -0.25) is 10.00 Å². The van der Waals surface area contributed by atoms with Crippen LogP contribution in [0.5, 0.6) is 0 Å². The van der Waals surface area contributed by atoms with Crippen molar-refractivity contribution in [1.29, 1.82) is 0 Å². The molecule has 1 aliphatic heterocycles. The van der Waals surface area contributed by atoms with Crippen LogP contribution in [0.4, 0.5) is 16.4 Å². The predicted molar refractivity (Wildman–Crippen MR) is 102 cm³/mol. The van der Waals surface area contributed by atoms with E-state index in [1.165, 1.54) is 0 Å². The number of hydrogen-bond donors (Lipinski definition) is 2. The lowest BCUT2D eigenvalue weighted by atomic mass is 10.1. The summed E-state index contributed by atoms with van der Waals surface area (Å²) >= 11 is 0. The van der Waals surface area contributed by atoms with Crippen LogP contribution in [0.15, 0.2) is 30.6 Å². The van der Waals surface area contributed by atoms with Gasteiger partial charge in [-0.15, -0.1) is 0 Å². The molecule has 1 saturated heterocycles. The SMILES string of the molecule is CN1CCC(n2ccc(NC(=O)NCc3ccc(N(C)C)nc3)n2)CC1. The summed E-state index contributed by atoms with van der Waals surface area (Å²) in [6.07, 6.45) is 5.87. The van der Waals surface area contributed by atoms with Gasteiger partial charge in [0.15, 0.2) is 5.82 Å². The average Bonchev–Trinajstić information content (AvgIpc) is 3.09. The molecule has 0 radical (unpaired) electrons. The van der Waals surface area contributed by atoms with Gasteiger partial charge in [0, 0.05) is 39.1 Å². The summed E-state index contributed by atoms with van der Waals surface area (Å²) in [4.78, 5) is 20.7. The summed E-state index contributed by atoms with van der Waals surface area (Å²) in [6.45, 7) is 2.57. The Bertz CT molecular complexity index is 717. The minimum absolute atomic E-state index is 0.268. The van der Waals surface area contributed by atoms with Crippen LogP contribution in [0.25, 0.3) is 0 Å². The van der Waals surface area contributed by atoms with Crippen molar-refractivity contribution in [3.05, 3.63) is 36.2 Å². The van der Waals surface area contributed by atoms with Crippen molar-refractivity contribution in [3.63, 3.8) is 0 Å². The van der Waals surface area contributed by atoms with Crippen LogP contribution in [0.2, 0.25) is 0 Å². The second-order valence-corrected chi connectivity index (χ2v) is 6.94. The Kier molecular flexibility index (Phi) is 5.72. The Labute approximate surface area is 154 Å². The lowest BCUT2D eigenvalue weighted by molar-refractivity contribution is 0.212. The number of amides is 2. The average molecular weight is 357 g/mol. The molecule has 0 saturated carbocycles. The topological polar surface area (TPSA) is 78.3 Å². The van der Waals surface area contributed by atoms with E-state index in [1.807, 2.05) is 48.1 Å². The van der Waals surface area contributed by atoms with E-state index in [9.17, 15) is 4.79 Å². The maximum Gasteiger partial charge on any atom is 0.320 e. The summed E-state index contributed by atoms with van der Waals surface area (Å²) in [5.74, 6) is 1.46. The smallest absolute Gasteiger partial charge is 0.320 e. The number of anilines is 2. The molecule has 26 heavy (non-hydrogen) atoms. The Morgan fingerprint density at radius 1 is 1.27 bits per heavy atom. The number of carbonyl (C=O) groups excluding carboxylic acids is 1. The third kappa shape index (κ3) is 4.72. The van der Waals surface area contributed by atoms with E-state index in [0.717, 1.165) is 37.3 Å². The first kappa shape index (κ1) is 18.2. The van der Waals surface area contributed by atoms with Crippen molar-refractivity contribution in [2.45, 2.75) is 25.4 Å². The number of urea groups is 1. The van der Waals surface area contributed by atoms with Crippen molar-refractivity contribution in [3.8, 4) is 0 Å². The maximum atomic E-state index is 12.1. The highest BCUT2D eigenvalue weighted by Gasteiger charge is 2.19. The number of hydrogen-bond acceptors (Lipinski definition) is 5. The molecule has 2 aromatic rings. The van der Waals surface area contributed by atoms with Gasteiger partial charge in [0.05, 0.1) is 6.04 Å². The van der Waals surface area contributed by atoms with Gasteiger partial charge in [0.1, 0.15) is 5.82 Å². The standard InChI is InChI=1S/C18H27N7O/c1-23(2)17-5-4-14(12-19-17)13-20-18(26)21-16-8-11-25(22-16)15-6-9-24(3)10-7-15/h4-5,8,11-12,15H,6-7,9-10,13H2,1-3H3,(H2,20,21,22,26). The van der Waals surface area contributed by atoms with Gasteiger partial charge in [-0.25, -0.2) is 9.78 Å². The van der Waals surface area contributed by atoms with Crippen LogP contribution in [0, 0.1) is 0 Å². The third-order valence-corrected chi connectivity index (χ3v) is 4.63. The Hall–Kier alpha value is -2.61. The van der Waals surface area contributed by atoms with Crippen LogP contribution < -0.4 is 15.5 Å². The van der Waals surface area contributed by atoms with E-state index in [-0.39, 0.29) is 6.03 Å². The fourth-order valence-corrected chi connectivity index (χ4v) is 3.00. The highest BCUT2D eigenvalue weighted by atomic mass is 16.2. The summed E-state index contributed by atoms with van der Waals surface area (Å²) in [6, 6.07) is 5.86. The zero-order chi connectivity index (χ0) is 18.5. The number of pyridine rings is 1. The Balaban J connectivity index is 1.47. The van der Waals surface area contributed by atoms with Crippen molar-refractivity contribution >= 4 is 17.7 Å². The summed E-state index contributed by atoms with van der Waals surface area (Å²) in [7, 11) is 6.02. The minimum Gasteiger partial charge on any atom is -0.363 e. The van der Waals surface area contributed by atoms with Gasteiger partial charge >= 0.3 is 6.03 Å². The van der Waals surface area contributed by atoms with Crippen LogP contribution in [-0.4, -0.2) is 59.9 Å². The van der Waals surface area contributed by atoms with Gasteiger partial charge in [0.2, 0.25) is 0 Å². The third-order valence-electron chi connectivity index (χ3n) is 4.63. The molecule has 2 aromatic heterocycles. The summed E-state index contributed by atoms with van der Waals surface area (Å²) in [5.41, 5.74) is 0.947. The number of piperidine rings is 1. The lowest BCUT2D eigenvalue weighted by Crippen LogP contribution is -2.32. The molecule has 3 rings (SSSR count). The van der Waals surface area contributed by atoms with Crippen molar-refractivity contribution < 1.29 is 4.79 Å². The molecule has 3 heterocycles. The minimum atomic E-state index is -0.268. The molecule has 0 aliphatic carbocycles. The second-order valence-electron chi connectivity index (χ2n) is 6.94. The number of nitrogens with one attached hydrogen (secondary N) is 2. The van der Waals surface area contributed by atoms with E-state index < -0.39 is 0 Å². The molecular weight excluding hydrogens is 330 g/mol. The lowest BCUT2D eigenvalue weighted by Gasteiger charge is -2.28. The summed E-state index contributed by atoms with van der Waals surface area (Å²) < 4.78 is 1.96. The van der Waals surface area contributed by atoms with E-state index in [1.54, 1.807) is 6.20 Å². The van der Waals surface area contributed by atoms with Crippen LogP contribution in [0.3, 0.4) is 0 Å². The monoisotopic (exact) mass is 357 g/mol. The molecule has 0 spiro atoms. The second kappa shape index (κ2) is 8.18. The van der Waals surface area contributed by atoms with E-state index in [2.05, 4.69) is 32.7 Å². The number of likely N-dealkylation sites (tertiary alicyclic amines) is 1. The molecule has 0 aromatic carbocycles. The van der Waals surface area contributed by atoms with Gasteiger partial charge in [0.25, 0.3) is 0 Å². The molecule has 8 nitrogen and oxygen atoms in total. The van der Waals surface area contributed by atoms with Gasteiger partial charge in [-0.05, 0) is 44.6 Å². The molecule has 8 heteroatoms. The largest absolute Gasteiger partial charge is 0.363 e. The van der Waals surface area contributed by atoms with Crippen LogP contribution >= 0.6 is 0 Å². The number of aromatic nitrogens is 3. The first-order valence-corrected chi connectivity index (χ1v) is 8.92. The molecule has 0 unspecified atom stereocenters. The first-order valence-electron chi connectivity index (χ1n) is 8.92. The quantitative estimate of drug-likeness (QED) is 0.855. The van der Waals surface area contributed by atoms with Crippen molar-refractivity contribution in [2.75, 3.05) is 44.4 Å². The number of carbonyl (C=O) groups is 1. The summed E-state index contributed by atoms with van der Waals surface area (Å²) in [5, 5.41) is 10.1. The molecule has 0 bridgehead atoms. The Morgan fingerprint density at radius 3 is 2.69 bits per heavy atom. The fourth-order valence-electron chi connectivity index (χ4n) is 3.00. The molecular formula is C18H27N7O. The van der Waals surface area contributed by atoms with E-state index in [4.69, 9.17) is 0 Å². The van der Waals surface area contributed by atoms with E-state index >= 15 is 0 Å². The van der Waals surface area contributed by atoms with Crippen LogP contribution in [-0.2, 0) is 6.54 Å². The van der Waals surface area contributed by atoms with Crippen molar-refractivity contribution in [2.24, 2.45) is 0 Å². The molecule has 140 valence electrons. The molecule has 1 fully saturated rings. The normalized spacial score (nSPS) is 15.7. The Morgan fingerprint density at radius 2 is 2.04 bits per heavy atom. The molecule has 2 N–H and O–H groups in total. The molecule has 2 amide bonds. The van der Waals surface area contributed by atoms with E-state index in [0.29, 0.717) is 18.4 Å². The number of nitrogens with zero attached hydrogens (tertiary/aromatic N) is 5. The maximum absolute atomic E-state index is 12.1. The number of rotatable bonds is 5. The van der Waals surface area contributed by atoms with Gasteiger partial charge < -0.3 is 15.1 Å². The molecule has 1 aliphatic rings. The van der Waals surface area contributed by atoms with Crippen LogP contribution in [0.1, 0.15) is 24.4 Å². The van der Waals surface area contributed by atoms with Crippen molar-refractivity contribution in [1.82, 2.24) is 25.0 Å². The van der Waals surface area contributed by atoms with Gasteiger partial charge in [-0.1, -0.05) is 6.07 Å². The highest BCUT2D eigenvalue weighted by Crippen LogP contribution is 2.21. The van der Waals surface area contributed by atoms with Gasteiger partial charge in [-0.2, -0.15) is 5.10 Å². The molecule has 0 atom stereocenters. The highest BCUT2D eigenvalue weighted by molar-refractivity contribution is 5.88. The zero-order valence-electron chi connectivity index (χ0n) is 15.6. The first-order chi connectivity index (χ1) is 12.5. The predicted octanol–water partition coefficient (Wildman–Crippen LogP) is 1.93.